The highest BCUT2D eigenvalue weighted by Crippen LogP contribution is 2.51. The summed E-state index contributed by atoms with van der Waals surface area (Å²) in [4.78, 5) is 61.7. The molecule has 0 bridgehead atoms. The van der Waals surface area contributed by atoms with E-state index >= 15 is 0 Å². The van der Waals surface area contributed by atoms with E-state index in [1.54, 1.807) is 12.1 Å². The van der Waals surface area contributed by atoms with Gasteiger partial charge in [-0.1, -0.05) is 0 Å². The van der Waals surface area contributed by atoms with Crippen molar-refractivity contribution in [1.82, 2.24) is 4.90 Å². The minimum Gasteiger partial charge on any atom is -0.493 e. The minimum absolute atomic E-state index is 0.104. The second-order valence-corrected chi connectivity index (χ2v) is 11.5. The minimum atomic E-state index is -0.973. The Balaban J connectivity index is 1.64. The number of halogens is 1. The van der Waals surface area contributed by atoms with E-state index in [9.17, 15) is 39.7 Å². The maximum Gasteiger partial charge on any atom is 0.318 e. The summed E-state index contributed by atoms with van der Waals surface area (Å²) in [7, 11) is 1.38. The number of allylic oxidation sites excluding steroid dienone is 4. The van der Waals surface area contributed by atoms with Gasteiger partial charge < -0.3 is 19.5 Å². The molecule has 1 N–H and O–H groups in total. The smallest absolute Gasteiger partial charge is 0.318 e. The molecule has 1 heterocycles. The van der Waals surface area contributed by atoms with E-state index in [2.05, 4.69) is 0 Å². The molecule has 0 atom stereocenters. The molecular weight excluding hydrogens is 677 g/mol. The molecule has 0 spiro atoms. The van der Waals surface area contributed by atoms with Gasteiger partial charge in [0, 0.05) is 53.9 Å². The molecule has 43 heavy (non-hydrogen) atoms. The van der Waals surface area contributed by atoms with E-state index in [1.807, 2.05) is 27.5 Å². The summed E-state index contributed by atoms with van der Waals surface area (Å²) in [5.74, 6) is -1.81. The number of carboxylic acids is 1. The van der Waals surface area contributed by atoms with Gasteiger partial charge in [0.2, 0.25) is 5.75 Å². The lowest BCUT2D eigenvalue weighted by Gasteiger charge is -2.44. The Labute approximate surface area is 258 Å². The normalized spacial score (nSPS) is 17.0. The van der Waals surface area contributed by atoms with E-state index in [4.69, 9.17) is 9.47 Å². The average Bonchev–Trinajstić information content (AvgIpc) is 2.96. The van der Waals surface area contributed by atoms with E-state index in [-0.39, 0.29) is 41.8 Å². The zero-order valence-electron chi connectivity index (χ0n) is 23.0. The third kappa shape index (κ3) is 5.70. The summed E-state index contributed by atoms with van der Waals surface area (Å²) < 4.78 is 12.0. The molecule has 0 aromatic heterocycles. The van der Waals surface area contributed by atoms with Crippen molar-refractivity contribution in [2.24, 2.45) is 0 Å². The predicted octanol–water partition coefficient (Wildman–Crippen LogP) is 5.80. The molecule has 0 saturated heterocycles. The number of hydrogen-bond acceptors (Lipinski definition) is 10. The number of benzene rings is 2. The van der Waals surface area contributed by atoms with Crippen molar-refractivity contribution < 1.29 is 38.8 Å². The lowest BCUT2D eigenvalue weighted by atomic mass is 9.71. The molecule has 5 rings (SSSR count). The first-order valence-corrected chi connectivity index (χ1v) is 14.6. The number of nitro benzene ring substituents is 2. The number of carboxylic acid groups (broad SMARTS) is 1. The number of ketones is 2. The molecule has 0 unspecified atom stereocenters. The van der Waals surface area contributed by atoms with Crippen LogP contribution in [0.2, 0.25) is 0 Å². The highest BCUT2D eigenvalue weighted by molar-refractivity contribution is 14.1. The molecule has 0 amide bonds. The number of rotatable bonds is 9. The average molecular weight is 703 g/mol. The van der Waals surface area contributed by atoms with Crippen LogP contribution in [0.25, 0.3) is 0 Å². The maximum atomic E-state index is 13.5. The van der Waals surface area contributed by atoms with Gasteiger partial charge >= 0.3 is 11.7 Å². The molecule has 3 aliphatic rings. The van der Waals surface area contributed by atoms with Crippen LogP contribution in [0.4, 0.5) is 11.4 Å². The molecule has 2 aliphatic carbocycles. The van der Waals surface area contributed by atoms with Crippen molar-refractivity contribution in [3.63, 3.8) is 0 Å². The van der Waals surface area contributed by atoms with Crippen LogP contribution in [0.5, 0.6) is 17.2 Å². The zero-order chi connectivity index (χ0) is 31.0. The van der Waals surface area contributed by atoms with Crippen molar-refractivity contribution in [3.05, 3.63) is 82.2 Å². The molecule has 0 fully saturated rings. The van der Waals surface area contributed by atoms with Crippen molar-refractivity contribution in [2.45, 2.75) is 50.9 Å². The lowest BCUT2D eigenvalue weighted by molar-refractivity contribution is -0.394. The van der Waals surface area contributed by atoms with Crippen LogP contribution in [-0.4, -0.2) is 51.0 Å². The van der Waals surface area contributed by atoms with Crippen molar-refractivity contribution in [3.8, 4) is 17.2 Å². The largest absolute Gasteiger partial charge is 0.493 e. The van der Waals surface area contributed by atoms with Gasteiger partial charge in [-0.15, -0.1) is 0 Å². The number of nitro groups is 2. The maximum absolute atomic E-state index is 13.5. The molecule has 13 nitrogen and oxygen atoms in total. The standard InChI is InChI=1S/C29H26IN3O10/c1-42-24-13-15(12-17(30)29(24)43-23-9-8-16(32(38)39)14-20(23)33(40)41)26-27-18(4-2-6-21(27)34)31(11-10-25(36)37)19-5-3-7-22(35)28(19)26/h8-9,12-14,26H,2-7,10-11H2,1H3,(H,36,37). The number of non-ortho nitro benzene ring substituents is 1. The highest BCUT2D eigenvalue weighted by Gasteiger charge is 2.43. The number of ether oxygens (including phenoxy) is 2. The van der Waals surface area contributed by atoms with Crippen LogP contribution in [0.3, 0.4) is 0 Å². The third-order valence-electron chi connectivity index (χ3n) is 7.78. The Bertz CT molecular complexity index is 1600. The molecule has 1 aliphatic heterocycles. The monoisotopic (exact) mass is 703 g/mol. The van der Waals surface area contributed by atoms with Gasteiger partial charge in [-0.3, -0.25) is 34.6 Å². The Morgan fingerprint density at radius 3 is 2.14 bits per heavy atom. The van der Waals surface area contributed by atoms with E-state index < -0.39 is 33.1 Å². The first kappa shape index (κ1) is 30.1. The Kier molecular flexibility index (Phi) is 8.48. The fraction of sp³-hybridized carbons (Fsp3) is 0.345. The van der Waals surface area contributed by atoms with Gasteiger partial charge in [0.25, 0.3) is 5.69 Å². The van der Waals surface area contributed by atoms with Gasteiger partial charge in [-0.25, -0.2) is 0 Å². The van der Waals surface area contributed by atoms with Crippen LogP contribution >= 0.6 is 22.6 Å². The second kappa shape index (κ2) is 12.1. The summed E-state index contributed by atoms with van der Waals surface area (Å²) in [5.41, 5.74) is 1.96. The van der Waals surface area contributed by atoms with Crippen LogP contribution < -0.4 is 9.47 Å². The summed E-state index contributed by atoms with van der Waals surface area (Å²) in [6.07, 6.45) is 2.84. The van der Waals surface area contributed by atoms with Crippen LogP contribution in [-0.2, 0) is 14.4 Å². The topological polar surface area (TPSA) is 179 Å². The Hall–Kier alpha value is -4.34. The highest BCUT2D eigenvalue weighted by atomic mass is 127. The first-order chi connectivity index (χ1) is 20.5. The summed E-state index contributed by atoms with van der Waals surface area (Å²) in [5, 5.41) is 32.2. The summed E-state index contributed by atoms with van der Waals surface area (Å²) in [6, 6.07) is 6.41. The van der Waals surface area contributed by atoms with Crippen molar-refractivity contribution >= 4 is 51.5 Å². The summed E-state index contributed by atoms with van der Waals surface area (Å²) in [6.45, 7) is 0.155. The van der Waals surface area contributed by atoms with Gasteiger partial charge in [0.15, 0.2) is 23.1 Å². The molecule has 0 saturated carbocycles. The van der Waals surface area contributed by atoms with Gasteiger partial charge in [-0.05, 0) is 72.0 Å². The van der Waals surface area contributed by atoms with Crippen LogP contribution in [0.15, 0.2) is 52.9 Å². The SMILES string of the molecule is COc1cc(C2C3=C(CCCC3=O)N(CCC(=O)O)C3=C2C(=O)CCC3)cc(I)c1Oc1ccc([N+](=O)[O-])cc1[N+](=O)[O-]. The number of carbonyl (C=O) groups is 3. The van der Waals surface area contributed by atoms with Gasteiger partial charge in [0.05, 0.1) is 33.0 Å². The van der Waals surface area contributed by atoms with Crippen LogP contribution in [0.1, 0.15) is 56.4 Å². The third-order valence-corrected chi connectivity index (χ3v) is 8.58. The fourth-order valence-corrected chi connectivity index (χ4v) is 6.73. The number of Topliss-reactive ketones (excluding diaryl/α,β-unsaturated/α-hetero) is 2. The summed E-state index contributed by atoms with van der Waals surface area (Å²) >= 11 is 1.97. The van der Waals surface area contributed by atoms with E-state index in [0.717, 1.165) is 29.6 Å². The number of methoxy groups -OCH3 is 1. The van der Waals surface area contributed by atoms with Crippen molar-refractivity contribution in [2.75, 3.05) is 13.7 Å². The second-order valence-electron chi connectivity index (χ2n) is 10.3. The van der Waals surface area contributed by atoms with Gasteiger partial charge in [0.1, 0.15) is 0 Å². The van der Waals surface area contributed by atoms with E-state index in [0.29, 0.717) is 58.8 Å². The van der Waals surface area contributed by atoms with Crippen LogP contribution in [0, 0.1) is 23.8 Å². The molecule has 2 aromatic rings. The van der Waals surface area contributed by atoms with Gasteiger partial charge in [-0.2, -0.15) is 0 Å². The fourth-order valence-electron chi connectivity index (χ4n) is 5.99. The lowest BCUT2D eigenvalue weighted by Crippen LogP contribution is -2.40. The number of carbonyl (C=O) groups excluding carboxylic acids is 2. The Morgan fingerprint density at radius 2 is 1.60 bits per heavy atom. The first-order valence-electron chi connectivity index (χ1n) is 13.5. The molecule has 0 radical (unpaired) electrons. The molecule has 2 aromatic carbocycles. The molecular formula is C29H26IN3O10. The number of aliphatic carboxylic acids is 1. The molecule has 224 valence electrons. The predicted molar refractivity (Wildman–Crippen MR) is 159 cm³/mol. The quantitative estimate of drug-likeness (QED) is 0.190. The molecule has 14 heteroatoms. The number of nitrogens with zero attached hydrogens (tertiary/aromatic N) is 3. The Morgan fingerprint density at radius 1 is 0.977 bits per heavy atom. The van der Waals surface area contributed by atoms with Crippen molar-refractivity contribution in [1.29, 1.82) is 0 Å². The zero-order valence-corrected chi connectivity index (χ0v) is 25.1. The van der Waals surface area contributed by atoms with E-state index in [1.165, 1.54) is 7.11 Å². The number of hydrogen-bond donors (Lipinski definition) is 1.